The second-order valence-corrected chi connectivity index (χ2v) is 4.90. The molecule has 1 aliphatic heterocycles. The molecule has 1 aromatic heterocycles. The van der Waals surface area contributed by atoms with Crippen molar-refractivity contribution in [2.24, 2.45) is 4.99 Å². The van der Waals surface area contributed by atoms with Crippen molar-refractivity contribution in [1.29, 1.82) is 0 Å². The van der Waals surface area contributed by atoms with Crippen molar-refractivity contribution in [3.05, 3.63) is 30.0 Å². The normalized spacial score (nSPS) is 19.2. The number of aliphatic imine (C=N–C) groups is 1. The van der Waals surface area contributed by atoms with E-state index in [9.17, 15) is 5.11 Å². The van der Waals surface area contributed by atoms with Gasteiger partial charge in [-0.2, -0.15) is 0 Å². The summed E-state index contributed by atoms with van der Waals surface area (Å²) in [5, 5.41) is 10.7. The SMILES string of the molecule is CN(C)C1=NCC(c2cc3cccc(O)c3o2)C1. The maximum Gasteiger partial charge on any atom is 0.175 e. The molecule has 0 radical (unpaired) electrons. The first kappa shape index (κ1) is 11.1. The minimum absolute atomic E-state index is 0.200. The first-order chi connectivity index (χ1) is 8.65. The summed E-state index contributed by atoms with van der Waals surface area (Å²) >= 11 is 0. The van der Waals surface area contributed by atoms with Crippen molar-refractivity contribution in [3.8, 4) is 5.75 Å². The Kier molecular flexibility index (Phi) is 2.51. The van der Waals surface area contributed by atoms with Crippen molar-refractivity contribution >= 4 is 16.8 Å². The molecule has 1 aliphatic rings. The maximum atomic E-state index is 9.74. The minimum atomic E-state index is 0.200. The number of furan rings is 1. The molecule has 0 bridgehead atoms. The Hall–Kier alpha value is -1.97. The standard InChI is InChI=1S/C14H16N2O2/c1-16(2)13-7-10(8-15-13)12-6-9-4-3-5-11(17)14(9)18-12/h3-6,10,17H,7-8H2,1-2H3. The lowest BCUT2D eigenvalue weighted by molar-refractivity contribution is 0.449. The van der Waals surface area contributed by atoms with Gasteiger partial charge in [0.05, 0.1) is 12.4 Å². The third-order valence-electron chi connectivity index (χ3n) is 3.38. The van der Waals surface area contributed by atoms with Gasteiger partial charge in [0.15, 0.2) is 11.3 Å². The maximum absolute atomic E-state index is 9.74. The van der Waals surface area contributed by atoms with Gasteiger partial charge < -0.3 is 14.4 Å². The predicted octanol–water partition coefficient (Wildman–Crippen LogP) is 2.59. The van der Waals surface area contributed by atoms with Gasteiger partial charge in [0.2, 0.25) is 0 Å². The lowest BCUT2D eigenvalue weighted by atomic mass is 10.0. The van der Waals surface area contributed by atoms with Gasteiger partial charge in [0.1, 0.15) is 5.76 Å². The van der Waals surface area contributed by atoms with Crippen LogP contribution >= 0.6 is 0 Å². The van der Waals surface area contributed by atoms with Crippen LogP contribution in [0.2, 0.25) is 0 Å². The number of fused-ring (bicyclic) bond motifs is 1. The van der Waals surface area contributed by atoms with Gasteiger partial charge in [0.25, 0.3) is 0 Å². The third kappa shape index (κ3) is 1.74. The Labute approximate surface area is 106 Å². The van der Waals surface area contributed by atoms with Gasteiger partial charge in [-0.05, 0) is 12.1 Å². The number of amidine groups is 1. The van der Waals surface area contributed by atoms with Gasteiger partial charge in [-0.25, -0.2) is 0 Å². The van der Waals surface area contributed by atoms with Crippen LogP contribution in [0.25, 0.3) is 11.0 Å². The fraction of sp³-hybridized carbons (Fsp3) is 0.357. The molecule has 94 valence electrons. The molecule has 1 aromatic carbocycles. The van der Waals surface area contributed by atoms with Crippen molar-refractivity contribution in [2.45, 2.75) is 12.3 Å². The minimum Gasteiger partial charge on any atom is -0.504 e. The van der Waals surface area contributed by atoms with E-state index in [-0.39, 0.29) is 11.7 Å². The molecule has 0 fully saturated rings. The summed E-state index contributed by atoms with van der Waals surface area (Å²) in [5.74, 6) is 2.50. The molecule has 3 rings (SSSR count). The van der Waals surface area contributed by atoms with Crippen molar-refractivity contribution in [1.82, 2.24) is 4.90 Å². The molecule has 4 heteroatoms. The molecule has 2 aromatic rings. The van der Waals surface area contributed by atoms with E-state index in [2.05, 4.69) is 4.99 Å². The number of phenolic OH excluding ortho intramolecular Hbond substituents is 1. The van der Waals surface area contributed by atoms with E-state index in [1.807, 2.05) is 37.2 Å². The second kappa shape index (κ2) is 4.05. The number of hydrogen-bond acceptors (Lipinski definition) is 4. The van der Waals surface area contributed by atoms with E-state index >= 15 is 0 Å². The first-order valence-corrected chi connectivity index (χ1v) is 6.07. The van der Waals surface area contributed by atoms with E-state index in [0.717, 1.165) is 29.9 Å². The van der Waals surface area contributed by atoms with Gasteiger partial charge >= 0.3 is 0 Å². The van der Waals surface area contributed by atoms with Gasteiger partial charge in [-0.15, -0.1) is 0 Å². The van der Waals surface area contributed by atoms with E-state index in [1.54, 1.807) is 6.07 Å². The number of nitrogens with zero attached hydrogens (tertiary/aromatic N) is 2. The van der Waals surface area contributed by atoms with Crippen LogP contribution in [0.5, 0.6) is 5.75 Å². The van der Waals surface area contributed by atoms with Crippen LogP contribution < -0.4 is 0 Å². The van der Waals surface area contributed by atoms with E-state index in [0.29, 0.717) is 5.58 Å². The lowest BCUT2D eigenvalue weighted by Gasteiger charge is -2.12. The molecule has 1 N–H and O–H groups in total. The average Bonchev–Trinajstić information content (AvgIpc) is 2.95. The van der Waals surface area contributed by atoms with Crippen LogP contribution in [0.15, 0.2) is 33.7 Å². The predicted molar refractivity (Wildman–Crippen MR) is 71.2 cm³/mol. The number of para-hydroxylation sites is 1. The number of aromatic hydroxyl groups is 1. The van der Waals surface area contributed by atoms with Crippen molar-refractivity contribution in [3.63, 3.8) is 0 Å². The quantitative estimate of drug-likeness (QED) is 0.838. The van der Waals surface area contributed by atoms with Crippen LogP contribution in [0.3, 0.4) is 0 Å². The molecular weight excluding hydrogens is 228 g/mol. The second-order valence-electron chi connectivity index (χ2n) is 4.90. The monoisotopic (exact) mass is 244 g/mol. The fourth-order valence-electron chi connectivity index (χ4n) is 2.35. The van der Waals surface area contributed by atoms with Gasteiger partial charge in [0, 0.05) is 31.8 Å². The van der Waals surface area contributed by atoms with E-state index < -0.39 is 0 Å². The molecule has 0 spiro atoms. The number of phenols is 1. The van der Waals surface area contributed by atoms with E-state index in [4.69, 9.17) is 4.42 Å². The highest BCUT2D eigenvalue weighted by atomic mass is 16.4. The fourth-order valence-corrected chi connectivity index (χ4v) is 2.35. The van der Waals surface area contributed by atoms with Crippen LogP contribution in [-0.2, 0) is 0 Å². The topological polar surface area (TPSA) is 49.0 Å². The Morgan fingerprint density at radius 2 is 2.22 bits per heavy atom. The first-order valence-electron chi connectivity index (χ1n) is 6.07. The van der Waals surface area contributed by atoms with Crippen LogP contribution in [0.1, 0.15) is 18.1 Å². The summed E-state index contributed by atoms with van der Waals surface area (Å²) < 4.78 is 5.77. The van der Waals surface area contributed by atoms with Crippen LogP contribution in [-0.4, -0.2) is 36.5 Å². The van der Waals surface area contributed by atoms with Crippen LogP contribution in [0, 0.1) is 0 Å². The van der Waals surface area contributed by atoms with Crippen molar-refractivity contribution in [2.75, 3.05) is 20.6 Å². The van der Waals surface area contributed by atoms with Crippen molar-refractivity contribution < 1.29 is 9.52 Å². The highest BCUT2D eigenvalue weighted by Crippen LogP contribution is 2.34. The highest BCUT2D eigenvalue weighted by molar-refractivity contribution is 5.86. The molecule has 2 heterocycles. The summed E-state index contributed by atoms with van der Waals surface area (Å²) in [6.45, 7) is 0.758. The number of benzene rings is 1. The van der Waals surface area contributed by atoms with E-state index in [1.165, 1.54) is 0 Å². The van der Waals surface area contributed by atoms with Crippen LogP contribution in [0.4, 0.5) is 0 Å². The lowest BCUT2D eigenvalue weighted by Crippen LogP contribution is -2.20. The molecule has 0 saturated carbocycles. The summed E-state index contributed by atoms with van der Waals surface area (Å²) in [4.78, 5) is 6.55. The highest BCUT2D eigenvalue weighted by Gasteiger charge is 2.25. The molecule has 1 unspecified atom stereocenters. The van der Waals surface area contributed by atoms with Gasteiger partial charge in [-0.3, -0.25) is 4.99 Å². The largest absolute Gasteiger partial charge is 0.504 e. The summed E-state index contributed by atoms with van der Waals surface area (Å²) in [6, 6.07) is 7.43. The smallest absolute Gasteiger partial charge is 0.175 e. The molecule has 1 atom stereocenters. The average molecular weight is 244 g/mol. The Balaban J connectivity index is 1.91. The zero-order valence-electron chi connectivity index (χ0n) is 10.6. The zero-order valence-corrected chi connectivity index (χ0v) is 10.6. The molecule has 4 nitrogen and oxygen atoms in total. The number of rotatable bonds is 1. The third-order valence-corrected chi connectivity index (χ3v) is 3.38. The summed E-state index contributed by atoms with van der Waals surface area (Å²) in [7, 11) is 4.01. The number of hydrogen-bond donors (Lipinski definition) is 1. The zero-order chi connectivity index (χ0) is 12.7. The molecular formula is C14H16N2O2. The Morgan fingerprint density at radius 3 is 2.89 bits per heavy atom. The van der Waals surface area contributed by atoms with Gasteiger partial charge in [-0.1, -0.05) is 12.1 Å². The summed E-state index contributed by atoms with van der Waals surface area (Å²) in [6.07, 6.45) is 0.896. The molecule has 0 amide bonds. The molecule has 18 heavy (non-hydrogen) atoms. The Morgan fingerprint density at radius 1 is 1.39 bits per heavy atom. The Bertz CT molecular complexity index is 613. The summed E-state index contributed by atoms with van der Waals surface area (Å²) in [5.41, 5.74) is 0.575. The molecule has 0 saturated heterocycles. The molecule has 0 aliphatic carbocycles.